The Morgan fingerprint density at radius 2 is 1.52 bits per heavy atom. The van der Waals surface area contributed by atoms with Gasteiger partial charge < -0.3 is 14.2 Å². The van der Waals surface area contributed by atoms with Gasteiger partial charge in [-0.2, -0.15) is 0 Å². The van der Waals surface area contributed by atoms with Crippen LogP contribution in [0.15, 0.2) is 73.1 Å². The molecular weight excluding hydrogens is 548 g/mol. The summed E-state index contributed by atoms with van der Waals surface area (Å²) >= 11 is 0. The zero-order valence-corrected chi connectivity index (χ0v) is 20.7. The molecule has 11 heteroatoms. The number of allylic oxidation sites excluding steroid dienone is 2. The van der Waals surface area contributed by atoms with Crippen LogP contribution in [0.1, 0.15) is 29.0 Å². The SMILES string of the molecule is C=C/C(F)=C(\F)c1ccc(C2COC(CCc3ccc(-c4cc(F)c(OC(F)(F)F)c(F)c4)c(F)c3)OC2)cc1. The van der Waals surface area contributed by atoms with E-state index in [0.29, 0.717) is 43.8 Å². The molecule has 0 N–H and O–H groups in total. The van der Waals surface area contributed by atoms with Crippen LogP contribution in [0.4, 0.5) is 35.1 Å². The van der Waals surface area contributed by atoms with Crippen LogP contribution in [-0.4, -0.2) is 25.9 Å². The normalized spacial score (nSPS) is 18.3. The van der Waals surface area contributed by atoms with E-state index in [0.717, 1.165) is 17.7 Å². The first-order chi connectivity index (χ1) is 18.9. The number of alkyl halides is 3. The Hall–Kier alpha value is -3.70. The third kappa shape index (κ3) is 7.08. The van der Waals surface area contributed by atoms with Crippen molar-refractivity contribution < 1.29 is 49.3 Å². The molecule has 40 heavy (non-hydrogen) atoms. The van der Waals surface area contributed by atoms with Crippen molar-refractivity contribution in [3.05, 3.63) is 107 Å². The van der Waals surface area contributed by atoms with Crippen molar-refractivity contribution >= 4 is 5.83 Å². The number of aryl methyl sites for hydroxylation is 1. The summed E-state index contributed by atoms with van der Waals surface area (Å²) in [5, 5.41) is 0. The number of halogens is 8. The molecular formula is C29H22F8O3. The summed E-state index contributed by atoms with van der Waals surface area (Å²) in [6.45, 7) is 3.81. The zero-order valence-electron chi connectivity index (χ0n) is 20.7. The van der Waals surface area contributed by atoms with Crippen LogP contribution in [0.25, 0.3) is 17.0 Å². The highest BCUT2D eigenvalue weighted by Crippen LogP contribution is 2.34. The van der Waals surface area contributed by atoms with Crippen molar-refractivity contribution in [2.24, 2.45) is 0 Å². The minimum absolute atomic E-state index is 0.0812. The lowest BCUT2D eigenvalue weighted by atomic mass is 9.98. The standard InChI is InChI=1S/C29H22F8O3/c1-2-22(30)27(34)18-7-5-17(6-8-18)20-14-38-26(39-15-20)10-4-16-3-9-21(23(31)11-16)19-12-24(32)28(25(33)13-19)40-29(35,36)37/h2-3,5-9,11-13,20,26H,1,4,10,14-15H2/b27-22+. The summed E-state index contributed by atoms with van der Waals surface area (Å²) in [5.41, 5.74) is 0.930. The van der Waals surface area contributed by atoms with Crippen LogP contribution >= 0.6 is 0 Å². The summed E-state index contributed by atoms with van der Waals surface area (Å²) in [4.78, 5) is 0. The van der Waals surface area contributed by atoms with E-state index in [-0.39, 0.29) is 22.6 Å². The van der Waals surface area contributed by atoms with Crippen molar-refractivity contribution in [1.82, 2.24) is 0 Å². The highest BCUT2D eigenvalue weighted by Gasteiger charge is 2.34. The summed E-state index contributed by atoms with van der Waals surface area (Å²) < 4.78 is 122. The second kappa shape index (κ2) is 12.2. The van der Waals surface area contributed by atoms with Crippen molar-refractivity contribution in [1.29, 1.82) is 0 Å². The Morgan fingerprint density at radius 3 is 2.08 bits per heavy atom. The molecule has 3 aromatic rings. The summed E-state index contributed by atoms with van der Waals surface area (Å²) in [6, 6.07) is 11.3. The molecule has 0 aromatic heterocycles. The van der Waals surface area contributed by atoms with E-state index in [9.17, 15) is 35.1 Å². The number of rotatable bonds is 8. The average Bonchev–Trinajstić information content (AvgIpc) is 2.93. The lowest BCUT2D eigenvalue weighted by Gasteiger charge is -2.30. The van der Waals surface area contributed by atoms with Crippen molar-refractivity contribution in [3.8, 4) is 16.9 Å². The Kier molecular flexibility index (Phi) is 8.95. The van der Waals surface area contributed by atoms with E-state index in [1.807, 2.05) is 0 Å². The van der Waals surface area contributed by atoms with Gasteiger partial charge in [0.25, 0.3) is 0 Å². The molecule has 1 saturated heterocycles. The topological polar surface area (TPSA) is 27.7 Å². The predicted octanol–water partition coefficient (Wildman–Crippen LogP) is 8.55. The Labute approximate surface area is 224 Å². The molecule has 0 radical (unpaired) electrons. The van der Waals surface area contributed by atoms with E-state index in [1.54, 1.807) is 12.1 Å². The van der Waals surface area contributed by atoms with E-state index in [2.05, 4.69) is 11.3 Å². The van der Waals surface area contributed by atoms with Crippen LogP contribution < -0.4 is 4.74 Å². The van der Waals surface area contributed by atoms with Crippen LogP contribution in [0, 0.1) is 17.5 Å². The van der Waals surface area contributed by atoms with Crippen LogP contribution in [0.5, 0.6) is 5.75 Å². The Bertz CT molecular complexity index is 1370. The fraction of sp³-hybridized carbons (Fsp3) is 0.241. The summed E-state index contributed by atoms with van der Waals surface area (Å²) in [6.07, 6.45) is -4.38. The molecule has 1 heterocycles. The molecule has 3 nitrogen and oxygen atoms in total. The molecule has 0 spiro atoms. The minimum Gasteiger partial charge on any atom is -0.399 e. The molecule has 0 bridgehead atoms. The van der Waals surface area contributed by atoms with Crippen molar-refractivity contribution in [2.45, 2.75) is 31.4 Å². The van der Waals surface area contributed by atoms with Gasteiger partial charge in [0.2, 0.25) is 5.75 Å². The molecule has 1 aliphatic rings. The fourth-order valence-corrected chi connectivity index (χ4v) is 4.19. The third-order valence-corrected chi connectivity index (χ3v) is 6.22. The maximum absolute atomic E-state index is 14.7. The number of ether oxygens (including phenoxy) is 3. The molecule has 0 saturated carbocycles. The van der Waals surface area contributed by atoms with Crippen molar-refractivity contribution in [2.75, 3.05) is 13.2 Å². The molecule has 0 aliphatic carbocycles. The van der Waals surface area contributed by atoms with Gasteiger partial charge in [-0.05, 0) is 47.4 Å². The largest absolute Gasteiger partial charge is 0.573 e. The average molecular weight is 570 g/mol. The van der Waals surface area contributed by atoms with Crippen molar-refractivity contribution in [3.63, 3.8) is 0 Å². The maximum atomic E-state index is 14.7. The van der Waals surface area contributed by atoms with Gasteiger partial charge in [-0.25, -0.2) is 22.0 Å². The van der Waals surface area contributed by atoms with Gasteiger partial charge in [-0.3, -0.25) is 0 Å². The number of benzene rings is 3. The predicted molar refractivity (Wildman–Crippen MR) is 131 cm³/mol. The fourth-order valence-electron chi connectivity index (χ4n) is 4.19. The summed E-state index contributed by atoms with van der Waals surface area (Å²) in [7, 11) is 0. The van der Waals surface area contributed by atoms with Gasteiger partial charge in [-0.15, -0.1) is 13.2 Å². The third-order valence-electron chi connectivity index (χ3n) is 6.22. The molecule has 212 valence electrons. The Morgan fingerprint density at radius 1 is 0.900 bits per heavy atom. The highest BCUT2D eigenvalue weighted by molar-refractivity contribution is 5.66. The van der Waals surface area contributed by atoms with Gasteiger partial charge in [0.05, 0.1) is 13.2 Å². The second-order valence-electron chi connectivity index (χ2n) is 8.95. The van der Waals surface area contributed by atoms with Crippen LogP contribution in [-0.2, 0) is 15.9 Å². The molecule has 0 atom stereocenters. The van der Waals surface area contributed by atoms with E-state index < -0.39 is 47.5 Å². The van der Waals surface area contributed by atoms with Gasteiger partial charge in [0.15, 0.2) is 29.6 Å². The maximum Gasteiger partial charge on any atom is 0.573 e. The summed E-state index contributed by atoms with van der Waals surface area (Å²) in [5.74, 6) is -7.88. The van der Waals surface area contributed by atoms with E-state index in [1.165, 1.54) is 24.3 Å². The molecule has 1 aliphatic heterocycles. The van der Waals surface area contributed by atoms with Gasteiger partial charge in [-0.1, -0.05) is 43.0 Å². The van der Waals surface area contributed by atoms with E-state index in [4.69, 9.17) is 9.47 Å². The first-order valence-corrected chi connectivity index (χ1v) is 12.0. The van der Waals surface area contributed by atoms with Crippen LogP contribution in [0.2, 0.25) is 0 Å². The van der Waals surface area contributed by atoms with Crippen LogP contribution in [0.3, 0.4) is 0 Å². The first-order valence-electron chi connectivity index (χ1n) is 12.0. The number of hydrogen-bond acceptors (Lipinski definition) is 3. The smallest absolute Gasteiger partial charge is 0.399 e. The highest BCUT2D eigenvalue weighted by atomic mass is 19.4. The van der Waals surface area contributed by atoms with Gasteiger partial charge in [0, 0.05) is 23.5 Å². The lowest BCUT2D eigenvalue weighted by molar-refractivity contribution is -0.276. The molecule has 0 unspecified atom stereocenters. The van der Waals surface area contributed by atoms with Gasteiger partial charge >= 0.3 is 6.36 Å². The van der Waals surface area contributed by atoms with E-state index >= 15 is 0 Å². The Balaban J connectivity index is 1.33. The quantitative estimate of drug-likeness (QED) is 0.201. The lowest BCUT2D eigenvalue weighted by Crippen LogP contribution is -2.31. The number of hydrogen-bond donors (Lipinski definition) is 0. The monoisotopic (exact) mass is 570 g/mol. The molecule has 0 amide bonds. The molecule has 1 fully saturated rings. The van der Waals surface area contributed by atoms with Gasteiger partial charge in [0.1, 0.15) is 5.82 Å². The molecule has 3 aromatic carbocycles. The minimum atomic E-state index is -5.29. The first kappa shape index (κ1) is 29.3. The second-order valence-corrected chi connectivity index (χ2v) is 8.95. The molecule has 4 rings (SSSR count). The zero-order chi connectivity index (χ0) is 29.0.